The molecule has 0 fully saturated rings. The highest BCUT2D eigenvalue weighted by atomic mass is 16.3. The van der Waals surface area contributed by atoms with Crippen molar-refractivity contribution in [3.05, 3.63) is 6.92 Å². The average Bonchev–Trinajstić information content (AvgIpc) is 1.69. The number of aliphatic hydroxyl groups is 1. The molecule has 47 valence electrons. The zero-order chi connectivity index (χ0) is 6.57. The molecule has 1 radical (unpaired) electrons. The second-order valence-corrected chi connectivity index (χ2v) is 1.62. The molecule has 4 N–H and O–H groups in total. The molecule has 0 aromatic rings. The minimum atomic E-state index is -0.241. The summed E-state index contributed by atoms with van der Waals surface area (Å²) in [5.74, 6) is -0.225. The van der Waals surface area contributed by atoms with Gasteiger partial charge in [0, 0.05) is 5.92 Å². The maximum Gasteiger partial charge on any atom is 0.0960 e. The minimum absolute atomic E-state index is 0.0162. The molecule has 0 bridgehead atoms. The van der Waals surface area contributed by atoms with Crippen molar-refractivity contribution in [1.82, 2.24) is 0 Å². The summed E-state index contributed by atoms with van der Waals surface area (Å²) >= 11 is 0. The van der Waals surface area contributed by atoms with Gasteiger partial charge < -0.3 is 10.8 Å². The van der Waals surface area contributed by atoms with Crippen LogP contribution in [0.2, 0.25) is 0 Å². The van der Waals surface area contributed by atoms with Gasteiger partial charge >= 0.3 is 0 Å². The SMILES string of the molecule is [CH2]CC(CO)C(=N)N. The fourth-order valence-electron chi connectivity index (χ4n) is 0.345. The molecule has 0 aliphatic rings. The number of nitrogens with one attached hydrogen (secondary N) is 1. The van der Waals surface area contributed by atoms with Gasteiger partial charge in [0.15, 0.2) is 0 Å². The molecular weight excluding hydrogens is 104 g/mol. The quantitative estimate of drug-likeness (QED) is 0.351. The fourth-order valence-corrected chi connectivity index (χ4v) is 0.345. The molecule has 0 spiro atoms. The molecule has 0 aromatic heterocycles. The van der Waals surface area contributed by atoms with Crippen LogP contribution in [0.1, 0.15) is 6.42 Å². The van der Waals surface area contributed by atoms with E-state index in [9.17, 15) is 0 Å². The van der Waals surface area contributed by atoms with Crippen LogP contribution >= 0.6 is 0 Å². The van der Waals surface area contributed by atoms with E-state index < -0.39 is 0 Å². The standard InChI is InChI=1S/C5H11N2O/c1-2-4(3-8)5(6)7/h4,8H,1-3H2,(H3,6,7). The van der Waals surface area contributed by atoms with Crippen molar-refractivity contribution in [3.63, 3.8) is 0 Å². The Kier molecular flexibility index (Phi) is 3.19. The number of aliphatic hydroxyl groups excluding tert-OH is 1. The molecule has 0 heterocycles. The topological polar surface area (TPSA) is 70.1 Å². The van der Waals surface area contributed by atoms with Crippen LogP contribution in [-0.4, -0.2) is 17.5 Å². The number of rotatable bonds is 3. The van der Waals surface area contributed by atoms with E-state index in [-0.39, 0.29) is 18.4 Å². The zero-order valence-electron chi connectivity index (χ0n) is 4.72. The van der Waals surface area contributed by atoms with Gasteiger partial charge in [0.05, 0.1) is 12.4 Å². The van der Waals surface area contributed by atoms with E-state index in [0.29, 0.717) is 6.42 Å². The van der Waals surface area contributed by atoms with Crippen molar-refractivity contribution < 1.29 is 5.11 Å². The Morgan fingerprint density at radius 2 is 2.38 bits per heavy atom. The zero-order valence-corrected chi connectivity index (χ0v) is 4.72. The molecule has 1 atom stereocenters. The van der Waals surface area contributed by atoms with Crippen LogP contribution in [0.3, 0.4) is 0 Å². The third-order valence-corrected chi connectivity index (χ3v) is 1.01. The first-order valence-electron chi connectivity index (χ1n) is 2.46. The lowest BCUT2D eigenvalue weighted by Crippen LogP contribution is -2.24. The predicted molar refractivity (Wildman–Crippen MR) is 32.5 cm³/mol. The molecule has 8 heavy (non-hydrogen) atoms. The van der Waals surface area contributed by atoms with Crippen LogP contribution in [0.25, 0.3) is 0 Å². The van der Waals surface area contributed by atoms with Crippen LogP contribution in [0.5, 0.6) is 0 Å². The summed E-state index contributed by atoms with van der Waals surface area (Å²) in [7, 11) is 0. The molecule has 0 saturated carbocycles. The van der Waals surface area contributed by atoms with Gasteiger partial charge in [-0.25, -0.2) is 0 Å². The largest absolute Gasteiger partial charge is 0.396 e. The molecule has 0 amide bonds. The summed E-state index contributed by atoms with van der Waals surface area (Å²) in [6, 6.07) is 0. The van der Waals surface area contributed by atoms with E-state index in [2.05, 4.69) is 6.92 Å². The molecule has 0 saturated heterocycles. The minimum Gasteiger partial charge on any atom is -0.396 e. The van der Waals surface area contributed by atoms with Gasteiger partial charge in [-0.1, -0.05) is 6.92 Å². The maximum atomic E-state index is 8.44. The highest BCUT2D eigenvalue weighted by Crippen LogP contribution is 1.97. The van der Waals surface area contributed by atoms with Gasteiger partial charge in [0.25, 0.3) is 0 Å². The summed E-state index contributed by atoms with van der Waals surface area (Å²) in [4.78, 5) is 0. The summed E-state index contributed by atoms with van der Waals surface area (Å²) < 4.78 is 0. The van der Waals surface area contributed by atoms with E-state index in [1.807, 2.05) is 0 Å². The van der Waals surface area contributed by atoms with Gasteiger partial charge in [-0.3, -0.25) is 5.41 Å². The Bertz CT molecular complexity index is 78.5. The van der Waals surface area contributed by atoms with Crippen molar-refractivity contribution in [2.75, 3.05) is 6.61 Å². The Hall–Kier alpha value is -0.570. The predicted octanol–water partition coefficient (Wildman–Crippen LogP) is -0.245. The highest BCUT2D eigenvalue weighted by Gasteiger charge is 2.05. The third kappa shape index (κ3) is 1.93. The second kappa shape index (κ2) is 3.43. The lowest BCUT2D eigenvalue weighted by Gasteiger charge is -2.06. The fraction of sp³-hybridized carbons (Fsp3) is 0.600. The summed E-state index contributed by atoms with van der Waals surface area (Å²) in [5.41, 5.74) is 5.04. The highest BCUT2D eigenvalue weighted by molar-refractivity contribution is 5.79. The van der Waals surface area contributed by atoms with E-state index in [4.69, 9.17) is 16.2 Å². The first-order chi connectivity index (χ1) is 3.72. The number of hydrogen-bond acceptors (Lipinski definition) is 2. The van der Waals surface area contributed by atoms with Gasteiger partial charge in [-0.05, 0) is 6.42 Å². The lowest BCUT2D eigenvalue weighted by molar-refractivity contribution is 0.261. The van der Waals surface area contributed by atoms with E-state index in [1.165, 1.54) is 0 Å². The van der Waals surface area contributed by atoms with Crippen LogP contribution in [-0.2, 0) is 0 Å². The van der Waals surface area contributed by atoms with Crippen molar-refractivity contribution in [2.24, 2.45) is 11.7 Å². The van der Waals surface area contributed by atoms with Gasteiger partial charge in [0.2, 0.25) is 0 Å². The summed E-state index contributed by atoms with van der Waals surface area (Å²) in [6.07, 6.45) is 0.492. The van der Waals surface area contributed by atoms with E-state index in [0.717, 1.165) is 0 Å². The molecule has 3 heteroatoms. The van der Waals surface area contributed by atoms with Gasteiger partial charge in [-0.15, -0.1) is 0 Å². The molecular formula is C5H11N2O. The molecule has 0 rings (SSSR count). The van der Waals surface area contributed by atoms with Gasteiger partial charge in [-0.2, -0.15) is 0 Å². The summed E-state index contributed by atoms with van der Waals surface area (Å²) in [5, 5.41) is 15.3. The first-order valence-corrected chi connectivity index (χ1v) is 2.46. The Morgan fingerprint density at radius 1 is 1.88 bits per heavy atom. The number of hydrogen-bond donors (Lipinski definition) is 3. The number of nitrogens with two attached hydrogens (primary N) is 1. The second-order valence-electron chi connectivity index (χ2n) is 1.62. The average molecular weight is 115 g/mol. The molecule has 0 aliphatic heterocycles. The first kappa shape index (κ1) is 7.43. The summed E-state index contributed by atoms with van der Waals surface area (Å²) in [6.45, 7) is 3.43. The van der Waals surface area contributed by atoms with Crippen molar-refractivity contribution >= 4 is 5.84 Å². The van der Waals surface area contributed by atoms with E-state index >= 15 is 0 Å². The van der Waals surface area contributed by atoms with E-state index in [1.54, 1.807) is 0 Å². The van der Waals surface area contributed by atoms with Gasteiger partial charge in [0.1, 0.15) is 0 Å². The Labute approximate surface area is 49.0 Å². The maximum absolute atomic E-state index is 8.44. The van der Waals surface area contributed by atoms with Crippen LogP contribution in [0, 0.1) is 18.3 Å². The van der Waals surface area contributed by atoms with Crippen molar-refractivity contribution in [2.45, 2.75) is 6.42 Å². The van der Waals surface area contributed by atoms with Crippen molar-refractivity contribution in [1.29, 1.82) is 5.41 Å². The normalized spacial score (nSPS) is 13.2. The molecule has 3 nitrogen and oxygen atoms in total. The Balaban J connectivity index is 3.52. The monoisotopic (exact) mass is 115 g/mol. The lowest BCUT2D eigenvalue weighted by atomic mass is 10.1. The van der Waals surface area contributed by atoms with Crippen LogP contribution in [0.15, 0.2) is 0 Å². The third-order valence-electron chi connectivity index (χ3n) is 1.01. The Morgan fingerprint density at radius 3 is 2.38 bits per heavy atom. The molecule has 1 unspecified atom stereocenters. The number of amidine groups is 1. The molecule has 0 aliphatic carbocycles. The molecule has 0 aromatic carbocycles. The smallest absolute Gasteiger partial charge is 0.0960 e. The van der Waals surface area contributed by atoms with Crippen molar-refractivity contribution in [3.8, 4) is 0 Å². The van der Waals surface area contributed by atoms with Crippen LogP contribution in [0.4, 0.5) is 0 Å². The van der Waals surface area contributed by atoms with Crippen LogP contribution < -0.4 is 5.73 Å².